The first-order valence-electron chi connectivity index (χ1n) is 3.61. The molecule has 0 atom stereocenters. The van der Waals surface area contributed by atoms with Crippen molar-refractivity contribution < 1.29 is 13.2 Å². The summed E-state index contributed by atoms with van der Waals surface area (Å²) in [4.78, 5) is 2.92. The minimum Gasteiger partial charge on any atom is -0.234 e. The zero-order valence-electron chi connectivity index (χ0n) is 7.37. The second kappa shape index (κ2) is 4.95. The van der Waals surface area contributed by atoms with Crippen molar-refractivity contribution in [3.63, 3.8) is 0 Å². The monoisotopic (exact) mass is 275 g/mol. The summed E-state index contributed by atoms with van der Waals surface area (Å²) in [6, 6.07) is 0. The topological polar surface area (TPSA) is 12.9 Å². The van der Waals surface area contributed by atoms with Crippen molar-refractivity contribution in [3.05, 3.63) is 14.5 Å². The summed E-state index contributed by atoms with van der Waals surface area (Å²) >= 11 is 3.37. The van der Waals surface area contributed by atoms with Crippen molar-refractivity contribution in [2.75, 3.05) is 0 Å². The summed E-state index contributed by atoms with van der Waals surface area (Å²) < 4.78 is 35.9. The van der Waals surface area contributed by atoms with E-state index in [0.29, 0.717) is 16.3 Å². The predicted octanol–water partition coefficient (Wildman–Crippen LogP) is 4.26. The Kier molecular flexibility index (Phi) is 4.91. The second-order valence-corrected chi connectivity index (χ2v) is 3.80. The molecule has 0 aliphatic rings. The molecule has 0 saturated carbocycles. The number of hydrogen-bond donors (Lipinski definition) is 0. The lowest BCUT2D eigenvalue weighted by molar-refractivity contribution is -0.135. The number of nitrogens with zero attached hydrogens (tertiary/aromatic N) is 1. The highest BCUT2D eigenvalue weighted by molar-refractivity contribution is 9.10. The minimum absolute atomic E-state index is 0.118. The Balaban J connectivity index is 0.000000671. The molecule has 1 heterocycles. The van der Waals surface area contributed by atoms with Crippen LogP contribution in [0.1, 0.15) is 23.7 Å². The molecule has 0 unspecified atom stereocenters. The van der Waals surface area contributed by atoms with E-state index < -0.39 is 11.1 Å². The Morgan fingerprint density at radius 3 is 1.92 bits per heavy atom. The van der Waals surface area contributed by atoms with Crippen LogP contribution in [0.15, 0.2) is 4.60 Å². The van der Waals surface area contributed by atoms with E-state index >= 15 is 0 Å². The molecule has 13 heavy (non-hydrogen) atoms. The first kappa shape index (κ1) is 12.9. The normalized spacial score (nSPS) is 10.7. The van der Waals surface area contributed by atoms with Crippen molar-refractivity contribution in [2.24, 2.45) is 0 Å². The summed E-state index contributed by atoms with van der Waals surface area (Å²) in [7, 11) is 0. The number of thiazole rings is 1. The molecule has 0 saturated heterocycles. The lowest BCUT2D eigenvalue weighted by Crippen LogP contribution is -2.02. The molecule has 0 aliphatic carbocycles. The Morgan fingerprint density at radius 1 is 1.31 bits per heavy atom. The average Bonchev–Trinajstić information content (AvgIpc) is 2.33. The van der Waals surface area contributed by atoms with Gasteiger partial charge in [0, 0.05) is 0 Å². The molecular formula is C7H9BrF3NS. The summed E-state index contributed by atoms with van der Waals surface area (Å²) in [6.07, 6.45) is -4.29. The molecule has 1 nitrogen and oxygen atoms in total. The largest absolute Gasteiger partial charge is 0.428 e. The molecule has 76 valence electrons. The summed E-state index contributed by atoms with van der Waals surface area (Å²) in [6.45, 7) is 5.53. The van der Waals surface area contributed by atoms with Gasteiger partial charge in [-0.1, -0.05) is 13.8 Å². The minimum atomic E-state index is -4.29. The fraction of sp³-hybridized carbons (Fsp3) is 0.571. The zero-order chi connectivity index (χ0) is 10.6. The first-order valence-corrected chi connectivity index (χ1v) is 5.22. The molecule has 6 heteroatoms. The van der Waals surface area contributed by atoms with Crippen molar-refractivity contribution >= 4 is 27.3 Å². The van der Waals surface area contributed by atoms with E-state index in [2.05, 4.69) is 20.9 Å². The molecule has 0 aliphatic heterocycles. The highest BCUT2D eigenvalue weighted by atomic mass is 79.9. The lowest BCUT2D eigenvalue weighted by atomic mass is 10.5. The maximum absolute atomic E-state index is 12.0. The molecular weight excluding hydrogens is 267 g/mol. The highest BCUT2D eigenvalue weighted by Crippen LogP contribution is 2.38. The van der Waals surface area contributed by atoms with Crippen molar-refractivity contribution in [2.45, 2.75) is 26.9 Å². The number of aryl methyl sites for hydroxylation is 1. The molecule has 1 rings (SSSR count). The number of alkyl halides is 3. The van der Waals surface area contributed by atoms with Gasteiger partial charge in [-0.2, -0.15) is 13.2 Å². The van der Waals surface area contributed by atoms with Crippen LogP contribution in [-0.4, -0.2) is 4.98 Å². The molecule has 0 amide bonds. The Morgan fingerprint density at radius 2 is 1.77 bits per heavy atom. The molecule has 0 N–H and O–H groups in total. The smallest absolute Gasteiger partial charge is 0.234 e. The van der Waals surface area contributed by atoms with Gasteiger partial charge in [-0.25, -0.2) is 4.98 Å². The van der Waals surface area contributed by atoms with Gasteiger partial charge in [0.05, 0.1) is 5.01 Å². The Labute approximate surface area is 87.1 Å². The molecule has 1 aromatic rings. The molecule has 0 spiro atoms. The quantitative estimate of drug-likeness (QED) is 0.690. The van der Waals surface area contributed by atoms with Crippen LogP contribution in [0, 0.1) is 6.92 Å². The van der Waals surface area contributed by atoms with E-state index in [1.54, 1.807) is 0 Å². The van der Waals surface area contributed by atoms with Crippen LogP contribution in [0.5, 0.6) is 0 Å². The zero-order valence-corrected chi connectivity index (χ0v) is 9.77. The van der Waals surface area contributed by atoms with Gasteiger partial charge < -0.3 is 0 Å². The third kappa shape index (κ3) is 3.64. The van der Waals surface area contributed by atoms with Gasteiger partial charge in [-0.15, -0.1) is 11.3 Å². The van der Waals surface area contributed by atoms with Crippen molar-refractivity contribution in [1.29, 1.82) is 0 Å². The Bertz CT molecular complexity index is 269. The van der Waals surface area contributed by atoms with Gasteiger partial charge in [0.15, 0.2) is 0 Å². The summed E-state index contributed by atoms with van der Waals surface area (Å²) in [5.74, 6) is 0. The summed E-state index contributed by atoms with van der Waals surface area (Å²) in [5.41, 5.74) is 0. The predicted molar refractivity (Wildman–Crippen MR) is 50.9 cm³/mol. The van der Waals surface area contributed by atoms with Gasteiger partial charge in [-0.05, 0) is 22.9 Å². The third-order valence-electron chi connectivity index (χ3n) is 0.950. The number of aromatic nitrogens is 1. The van der Waals surface area contributed by atoms with E-state index in [4.69, 9.17) is 0 Å². The van der Waals surface area contributed by atoms with E-state index in [9.17, 15) is 13.2 Å². The maximum Gasteiger partial charge on any atom is 0.428 e. The fourth-order valence-corrected chi connectivity index (χ4v) is 2.11. The molecule has 0 radical (unpaired) electrons. The first-order chi connectivity index (χ1) is 5.91. The lowest BCUT2D eigenvalue weighted by Gasteiger charge is -2.00. The van der Waals surface area contributed by atoms with Gasteiger partial charge >= 0.3 is 6.18 Å². The maximum atomic E-state index is 12.0. The van der Waals surface area contributed by atoms with Crippen LogP contribution < -0.4 is 0 Å². The number of halogens is 4. The standard InChI is InChI=1S/C5H3BrF3NS.C2H6/c1-2-10-4(6)3(11-2)5(7,8)9;1-2/h1H3;1-2H3. The van der Waals surface area contributed by atoms with E-state index in [-0.39, 0.29) is 4.60 Å². The third-order valence-corrected chi connectivity index (χ3v) is 2.80. The molecule has 0 bridgehead atoms. The van der Waals surface area contributed by atoms with E-state index in [0.717, 1.165) is 0 Å². The van der Waals surface area contributed by atoms with Gasteiger partial charge in [0.25, 0.3) is 0 Å². The highest BCUT2D eigenvalue weighted by Gasteiger charge is 2.35. The van der Waals surface area contributed by atoms with Crippen LogP contribution in [0.25, 0.3) is 0 Å². The second-order valence-electron chi connectivity index (χ2n) is 1.85. The Hall–Kier alpha value is -0.100. The van der Waals surface area contributed by atoms with Crippen LogP contribution in [0.2, 0.25) is 0 Å². The number of rotatable bonds is 0. The van der Waals surface area contributed by atoms with Crippen LogP contribution in [0.4, 0.5) is 13.2 Å². The van der Waals surface area contributed by atoms with Gasteiger partial charge in [0.2, 0.25) is 0 Å². The van der Waals surface area contributed by atoms with E-state index in [1.165, 1.54) is 6.92 Å². The van der Waals surface area contributed by atoms with Gasteiger partial charge in [0.1, 0.15) is 9.48 Å². The average molecular weight is 276 g/mol. The van der Waals surface area contributed by atoms with Crippen molar-refractivity contribution in [1.82, 2.24) is 4.98 Å². The molecule has 1 aromatic heterocycles. The SMILES string of the molecule is CC.Cc1nc(Br)c(C(F)(F)F)s1. The van der Waals surface area contributed by atoms with Crippen LogP contribution >= 0.6 is 27.3 Å². The van der Waals surface area contributed by atoms with E-state index in [1.807, 2.05) is 13.8 Å². The number of hydrogen-bond acceptors (Lipinski definition) is 2. The van der Waals surface area contributed by atoms with Crippen LogP contribution in [0.3, 0.4) is 0 Å². The summed E-state index contributed by atoms with van der Waals surface area (Å²) in [5, 5.41) is 0.407. The molecule has 0 fully saturated rings. The van der Waals surface area contributed by atoms with Gasteiger partial charge in [-0.3, -0.25) is 0 Å². The molecule has 0 aromatic carbocycles. The van der Waals surface area contributed by atoms with Crippen molar-refractivity contribution in [3.8, 4) is 0 Å². The van der Waals surface area contributed by atoms with Crippen LogP contribution in [-0.2, 0) is 6.18 Å². The fourth-order valence-electron chi connectivity index (χ4n) is 0.576.